The minimum Gasteiger partial charge on any atom is -0.486 e. The van der Waals surface area contributed by atoms with E-state index in [0.717, 1.165) is 10.0 Å². The van der Waals surface area contributed by atoms with E-state index >= 15 is 0 Å². The molecule has 1 aliphatic rings. The summed E-state index contributed by atoms with van der Waals surface area (Å²) in [6, 6.07) is 3.27. The van der Waals surface area contributed by atoms with Gasteiger partial charge in [-0.1, -0.05) is 13.8 Å². The van der Waals surface area contributed by atoms with Crippen molar-refractivity contribution in [2.24, 2.45) is 5.92 Å². The van der Waals surface area contributed by atoms with Gasteiger partial charge in [0.15, 0.2) is 11.5 Å². The Balaban J connectivity index is 2.05. The third-order valence-corrected chi connectivity index (χ3v) is 3.80. The highest BCUT2D eigenvalue weighted by atomic mass is 79.9. The van der Waals surface area contributed by atoms with Crippen molar-refractivity contribution in [3.8, 4) is 11.5 Å². The average Bonchev–Trinajstić information content (AvgIpc) is 2.43. The Morgan fingerprint density at radius 3 is 2.76 bits per heavy atom. The summed E-state index contributed by atoms with van der Waals surface area (Å²) in [5.74, 6) is 0.913. The second kappa shape index (κ2) is 7.13. The van der Waals surface area contributed by atoms with Crippen LogP contribution < -0.4 is 14.8 Å². The molecule has 1 heterocycles. The van der Waals surface area contributed by atoms with E-state index in [1.807, 2.05) is 26.0 Å². The zero-order valence-electron chi connectivity index (χ0n) is 12.2. The van der Waals surface area contributed by atoms with Crippen LogP contribution in [0.5, 0.6) is 11.5 Å². The third kappa shape index (κ3) is 4.35. The first-order chi connectivity index (χ1) is 9.97. The van der Waals surface area contributed by atoms with E-state index in [0.29, 0.717) is 43.6 Å². The predicted octanol–water partition coefficient (Wildman–Crippen LogP) is 2.81. The van der Waals surface area contributed by atoms with Crippen LogP contribution in [-0.2, 0) is 11.3 Å². The van der Waals surface area contributed by atoms with E-state index in [2.05, 4.69) is 21.2 Å². The molecule has 1 aliphatic heterocycles. The molecule has 5 nitrogen and oxygen atoms in total. The Morgan fingerprint density at radius 1 is 1.38 bits per heavy atom. The van der Waals surface area contributed by atoms with Crippen LogP contribution >= 0.6 is 15.9 Å². The van der Waals surface area contributed by atoms with Crippen LogP contribution in [0.25, 0.3) is 0 Å². The van der Waals surface area contributed by atoms with E-state index < -0.39 is 12.0 Å². The van der Waals surface area contributed by atoms with Crippen molar-refractivity contribution in [1.29, 1.82) is 0 Å². The first-order valence-electron chi connectivity index (χ1n) is 7.01. The lowest BCUT2D eigenvalue weighted by Gasteiger charge is -2.21. The molecule has 21 heavy (non-hydrogen) atoms. The van der Waals surface area contributed by atoms with E-state index in [1.165, 1.54) is 0 Å². The molecular formula is C15H20BrNO4. The topological polar surface area (TPSA) is 67.8 Å². The van der Waals surface area contributed by atoms with Gasteiger partial charge in [0.1, 0.15) is 19.3 Å². The first kappa shape index (κ1) is 16.1. The lowest BCUT2D eigenvalue weighted by atomic mass is 10.0. The van der Waals surface area contributed by atoms with Gasteiger partial charge in [0.05, 0.1) is 4.47 Å². The molecule has 0 fully saturated rings. The van der Waals surface area contributed by atoms with Crippen LogP contribution in [0.2, 0.25) is 0 Å². The van der Waals surface area contributed by atoms with Gasteiger partial charge in [0, 0.05) is 6.54 Å². The number of halogens is 1. The van der Waals surface area contributed by atoms with Gasteiger partial charge in [0.2, 0.25) is 0 Å². The Morgan fingerprint density at radius 2 is 2.10 bits per heavy atom. The lowest BCUT2D eigenvalue weighted by molar-refractivity contribution is -0.140. The maximum absolute atomic E-state index is 11.2. The van der Waals surface area contributed by atoms with Crippen LogP contribution in [0.4, 0.5) is 0 Å². The van der Waals surface area contributed by atoms with E-state index in [-0.39, 0.29) is 0 Å². The highest BCUT2D eigenvalue weighted by molar-refractivity contribution is 9.10. The molecule has 0 aromatic heterocycles. The van der Waals surface area contributed by atoms with Crippen LogP contribution in [0.1, 0.15) is 25.8 Å². The van der Waals surface area contributed by atoms with Gasteiger partial charge in [-0.3, -0.25) is 4.79 Å². The van der Waals surface area contributed by atoms with Crippen molar-refractivity contribution < 1.29 is 19.4 Å². The van der Waals surface area contributed by atoms with Crippen LogP contribution in [0, 0.1) is 5.92 Å². The van der Waals surface area contributed by atoms with Crippen molar-refractivity contribution >= 4 is 21.9 Å². The number of ether oxygens (including phenoxy) is 2. The first-order valence-corrected chi connectivity index (χ1v) is 7.81. The highest BCUT2D eigenvalue weighted by Gasteiger charge is 2.20. The van der Waals surface area contributed by atoms with Gasteiger partial charge >= 0.3 is 5.97 Å². The molecule has 1 atom stereocenters. The number of carboxylic acid groups (broad SMARTS) is 1. The third-order valence-electron chi connectivity index (χ3n) is 3.21. The number of carboxylic acids is 1. The Kier molecular flexibility index (Phi) is 5.47. The van der Waals surface area contributed by atoms with Gasteiger partial charge in [0.25, 0.3) is 0 Å². The summed E-state index contributed by atoms with van der Waals surface area (Å²) in [7, 11) is 0. The van der Waals surface area contributed by atoms with Crippen LogP contribution in [-0.4, -0.2) is 30.3 Å². The molecule has 0 aliphatic carbocycles. The number of hydrogen-bond donors (Lipinski definition) is 2. The molecule has 6 heteroatoms. The van der Waals surface area contributed by atoms with Gasteiger partial charge < -0.3 is 19.9 Å². The van der Waals surface area contributed by atoms with Crippen LogP contribution in [0.15, 0.2) is 16.6 Å². The summed E-state index contributed by atoms with van der Waals surface area (Å²) in [6.07, 6.45) is 0.598. The zero-order chi connectivity index (χ0) is 15.4. The molecule has 1 unspecified atom stereocenters. The van der Waals surface area contributed by atoms with E-state index in [1.54, 1.807) is 0 Å². The summed E-state index contributed by atoms with van der Waals surface area (Å²) in [4.78, 5) is 11.2. The fourth-order valence-corrected chi connectivity index (χ4v) is 2.85. The maximum atomic E-state index is 11.2. The molecule has 0 bridgehead atoms. The van der Waals surface area contributed by atoms with Crippen molar-refractivity contribution in [1.82, 2.24) is 5.32 Å². The fraction of sp³-hybridized carbons (Fsp3) is 0.533. The van der Waals surface area contributed by atoms with Crippen LogP contribution in [0.3, 0.4) is 0 Å². The molecule has 0 amide bonds. The Labute approximate surface area is 132 Å². The summed E-state index contributed by atoms with van der Waals surface area (Å²) >= 11 is 3.46. The fourth-order valence-electron chi connectivity index (χ4n) is 2.25. The van der Waals surface area contributed by atoms with Crippen molar-refractivity contribution in [3.05, 3.63) is 22.2 Å². The van der Waals surface area contributed by atoms with Crippen molar-refractivity contribution in [2.45, 2.75) is 32.9 Å². The van der Waals surface area contributed by atoms with Gasteiger partial charge in [-0.05, 0) is 46.0 Å². The standard InChI is InChI=1S/C15H20BrNO4/c1-9(2)5-12(15(18)19)17-8-10-6-11(16)14-13(7-10)20-3-4-21-14/h6-7,9,12,17H,3-5,8H2,1-2H3,(H,18,19). The predicted molar refractivity (Wildman–Crippen MR) is 82.9 cm³/mol. The Hall–Kier alpha value is -1.27. The van der Waals surface area contributed by atoms with Gasteiger partial charge in [-0.25, -0.2) is 0 Å². The summed E-state index contributed by atoms with van der Waals surface area (Å²) < 4.78 is 11.9. The molecule has 1 aromatic rings. The number of fused-ring (bicyclic) bond motifs is 1. The number of aliphatic carboxylic acids is 1. The quantitative estimate of drug-likeness (QED) is 0.819. The molecule has 2 N–H and O–H groups in total. The van der Waals surface area contributed by atoms with Crippen molar-refractivity contribution in [3.63, 3.8) is 0 Å². The van der Waals surface area contributed by atoms with Gasteiger partial charge in [-0.2, -0.15) is 0 Å². The molecule has 0 radical (unpaired) electrons. The summed E-state index contributed by atoms with van der Waals surface area (Å²) in [6.45, 7) is 5.57. The maximum Gasteiger partial charge on any atom is 0.320 e. The molecule has 1 aromatic carbocycles. The van der Waals surface area contributed by atoms with E-state index in [4.69, 9.17) is 9.47 Å². The minimum absolute atomic E-state index is 0.325. The molecule has 0 saturated carbocycles. The molecule has 2 rings (SSSR count). The second-order valence-electron chi connectivity index (χ2n) is 5.50. The smallest absolute Gasteiger partial charge is 0.320 e. The summed E-state index contributed by atoms with van der Waals surface area (Å²) in [5.41, 5.74) is 0.959. The minimum atomic E-state index is -0.819. The molecular weight excluding hydrogens is 338 g/mol. The highest BCUT2D eigenvalue weighted by Crippen LogP contribution is 2.38. The number of nitrogens with one attached hydrogen (secondary N) is 1. The largest absolute Gasteiger partial charge is 0.486 e. The number of benzene rings is 1. The monoisotopic (exact) mass is 357 g/mol. The molecule has 0 spiro atoms. The number of hydrogen-bond acceptors (Lipinski definition) is 4. The normalized spacial score (nSPS) is 15.0. The number of carbonyl (C=O) groups is 1. The van der Waals surface area contributed by atoms with E-state index in [9.17, 15) is 9.90 Å². The lowest BCUT2D eigenvalue weighted by Crippen LogP contribution is -2.37. The molecule has 116 valence electrons. The zero-order valence-corrected chi connectivity index (χ0v) is 13.8. The van der Waals surface area contributed by atoms with Gasteiger partial charge in [-0.15, -0.1) is 0 Å². The average molecular weight is 358 g/mol. The van der Waals surface area contributed by atoms with Crippen molar-refractivity contribution in [2.75, 3.05) is 13.2 Å². The second-order valence-corrected chi connectivity index (χ2v) is 6.36. The molecule has 0 saturated heterocycles. The number of rotatable bonds is 6. The summed E-state index contributed by atoms with van der Waals surface area (Å²) in [5, 5.41) is 12.3. The Bertz CT molecular complexity index is 519. The SMILES string of the molecule is CC(C)CC(NCc1cc(Br)c2c(c1)OCCO2)C(=O)O.